The molecule has 4 atom stereocenters. The summed E-state index contributed by atoms with van der Waals surface area (Å²) in [4.78, 5) is 2.39. The van der Waals surface area contributed by atoms with Crippen molar-refractivity contribution in [2.45, 2.75) is 62.7 Å². The molecule has 1 unspecified atom stereocenters. The highest BCUT2D eigenvalue weighted by atomic mass is 16.5. The zero-order valence-corrected chi connectivity index (χ0v) is 24.0. The molecule has 2 aliphatic heterocycles. The Morgan fingerprint density at radius 1 is 1.10 bits per heavy atom. The maximum absolute atomic E-state index is 6.68. The van der Waals surface area contributed by atoms with E-state index < -0.39 is 0 Å². The van der Waals surface area contributed by atoms with Gasteiger partial charge in [0.15, 0.2) is 5.82 Å². The number of piperidine rings is 1. The first-order valence-corrected chi connectivity index (χ1v) is 14.2. The van der Waals surface area contributed by atoms with Crippen LogP contribution in [-0.4, -0.2) is 85.9 Å². The van der Waals surface area contributed by atoms with Gasteiger partial charge in [-0.2, -0.15) is 5.21 Å². The number of hydrogen-bond acceptors (Lipinski definition) is 9. The molecule has 2 N–H and O–H groups in total. The normalized spacial score (nSPS) is 22.9. The molecule has 0 aliphatic carbocycles. The van der Waals surface area contributed by atoms with E-state index in [0.29, 0.717) is 6.61 Å². The average Bonchev–Trinajstić information content (AvgIpc) is 3.53. The largest absolute Gasteiger partial charge is 0.497 e. The van der Waals surface area contributed by atoms with Crippen molar-refractivity contribution < 1.29 is 18.9 Å². The van der Waals surface area contributed by atoms with Crippen LogP contribution in [0, 0.1) is 0 Å². The molecule has 10 nitrogen and oxygen atoms in total. The fourth-order valence-electron chi connectivity index (χ4n) is 5.96. The third-order valence-electron chi connectivity index (χ3n) is 8.04. The van der Waals surface area contributed by atoms with Crippen LogP contribution < -0.4 is 19.7 Å². The van der Waals surface area contributed by atoms with Gasteiger partial charge in [0.05, 0.1) is 32.1 Å². The lowest BCUT2D eigenvalue weighted by molar-refractivity contribution is -0.0264. The molecule has 3 aromatic rings. The number of nitrogens with one attached hydrogen (secondary N) is 2. The molecule has 2 aromatic carbocycles. The standard InChI is InChI=1S/C30H42N6O4/c1-30(2,29-32-34-35-33-29)17-22-16-25(21-10-12-23(38-4)13-11-21)28(18-31-22)39-20-24-19-36(14-7-15-37-3)26-8-5-6-9-27(26)40-24/h5-6,8-13,22,24-25,28,31H,7,14-20H2,1-4H3,(H,32,33,34,35)/t22-,24?,25+,28-/m0/s1. The fourth-order valence-corrected chi connectivity index (χ4v) is 5.96. The maximum Gasteiger partial charge on any atom is 0.180 e. The molecular formula is C30H42N6O4. The zero-order valence-electron chi connectivity index (χ0n) is 24.0. The summed E-state index contributed by atoms with van der Waals surface area (Å²) in [6.45, 7) is 8.06. The highest BCUT2D eigenvalue weighted by Crippen LogP contribution is 2.37. The Morgan fingerprint density at radius 2 is 1.93 bits per heavy atom. The second kappa shape index (κ2) is 13.0. The van der Waals surface area contributed by atoms with E-state index in [1.165, 1.54) is 5.56 Å². The van der Waals surface area contributed by atoms with E-state index in [2.05, 4.69) is 69.0 Å². The number of nitrogens with zero attached hydrogens (tertiary/aromatic N) is 4. The van der Waals surface area contributed by atoms with Gasteiger partial charge in [0.2, 0.25) is 0 Å². The third kappa shape index (κ3) is 6.74. The van der Waals surface area contributed by atoms with Gasteiger partial charge in [-0.15, -0.1) is 10.2 Å². The first-order valence-electron chi connectivity index (χ1n) is 14.2. The Labute approximate surface area is 236 Å². The van der Waals surface area contributed by atoms with Crippen LogP contribution in [0.15, 0.2) is 48.5 Å². The molecule has 0 bridgehead atoms. The minimum absolute atomic E-state index is 0.0145. The minimum Gasteiger partial charge on any atom is -0.497 e. The number of H-pyrrole nitrogens is 1. The van der Waals surface area contributed by atoms with Gasteiger partial charge in [-0.1, -0.05) is 43.3 Å². The number of fused-ring (bicyclic) bond motifs is 1. The van der Waals surface area contributed by atoms with Gasteiger partial charge >= 0.3 is 0 Å². The number of para-hydroxylation sites is 2. The van der Waals surface area contributed by atoms with Crippen molar-refractivity contribution in [1.29, 1.82) is 0 Å². The van der Waals surface area contributed by atoms with E-state index in [9.17, 15) is 0 Å². The molecule has 2 aliphatic rings. The second-order valence-electron chi connectivity index (χ2n) is 11.4. The molecule has 40 heavy (non-hydrogen) atoms. The number of anilines is 1. The number of hydrogen-bond donors (Lipinski definition) is 2. The quantitative estimate of drug-likeness (QED) is 0.326. The third-order valence-corrected chi connectivity index (χ3v) is 8.04. The Bertz CT molecular complexity index is 1190. The van der Waals surface area contributed by atoms with Crippen molar-refractivity contribution in [1.82, 2.24) is 25.9 Å². The van der Waals surface area contributed by atoms with Crippen molar-refractivity contribution in [3.05, 3.63) is 59.9 Å². The Balaban J connectivity index is 1.27. The second-order valence-corrected chi connectivity index (χ2v) is 11.4. The van der Waals surface area contributed by atoms with E-state index in [1.807, 2.05) is 24.3 Å². The summed E-state index contributed by atoms with van der Waals surface area (Å²) in [5, 5.41) is 18.6. The van der Waals surface area contributed by atoms with Crippen LogP contribution in [0.4, 0.5) is 5.69 Å². The number of benzene rings is 2. The van der Waals surface area contributed by atoms with Gasteiger partial charge in [-0.3, -0.25) is 0 Å². The highest BCUT2D eigenvalue weighted by molar-refractivity contribution is 5.60. The fraction of sp³-hybridized carbons (Fsp3) is 0.567. The summed E-state index contributed by atoms with van der Waals surface area (Å²) in [5.41, 5.74) is 2.18. The topological polar surface area (TPSA) is 107 Å². The zero-order chi connectivity index (χ0) is 28.0. The number of methoxy groups -OCH3 is 2. The number of aromatic nitrogens is 4. The molecule has 0 radical (unpaired) electrons. The first kappa shape index (κ1) is 28.3. The summed E-state index contributed by atoms with van der Waals surface area (Å²) in [6.07, 6.45) is 2.76. The lowest BCUT2D eigenvalue weighted by Crippen LogP contribution is -2.50. The van der Waals surface area contributed by atoms with E-state index in [1.54, 1.807) is 14.2 Å². The molecule has 1 saturated heterocycles. The molecule has 10 heteroatoms. The molecular weight excluding hydrogens is 508 g/mol. The number of rotatable bonds is 12. The van der Waals surface area contributed by atoms with Gasteiger partial charge in [0.1, 0.15) is 17.6 Å². The van der Waals surface area contributed by atoms with Crippen LogP contribution in [0.2, 0.25) is 0 Å². The SMILES string of the molecule is COCCCN1CC(CO[C@H]2CN[C@H](CC(C)(C)c3nn[nH]n3)C[C@@H]2c2ccc(OC)cc2)Oc2ccccc21. The minimum atomic E-state index is -0.210. The Morgan fingerprint density at radius 3 is 2.67 bits per heavy atom. The van der Waals surface area contributed by atoms with Crippen molar-refractivity contribution in [3.63, 3.8) is 0 Å². The van der Waals surface area contributed by atoms with E-state index in [-0.39, 0.29) is 29.6 Å². The van der Waals surface area contributed by atoms with Gasteiger partial charge in [-0.25, -0.2) is 0 Å². The summed E-state index contributed by atoms with van der Waals surface area (Å²) in [5.74, 6) is 2.73. The Hall–Kier alpha value is -3.21. The molecule has 3 heterocycles. The molecule has 5 rings (SSSR count). The van der Waals surface area contributed by atoms with Crippen LogP contribution in [0.1, 0.15) is 50.4 Å². The maximum atomic E-state index is 6.68. The van der Waals surface area contributed by atoms with Crippen LogP contribution in [0.5, 0.6) is 11.5 Å². The smallest absolute Gasteiger partial charge is 0.180 e. The molecule has 0 saturated carbocycles. The van der Waals surface area contributed by atoms with E-state index in [4.69, 9.17) is 18.9 Å². The average molecular weight is 551 g/mol. The predicted octanol–water partition coefficient (Wildman–Crippen LogP) is 3.71. The first-order chi connectivity index (χ1) is 19.5. The monoisotopic (exact) mass is 550 g/mol. The molecule has 0 amide bonds. The number of ether oxygens (including phenoxy) is 4. The summed E-state index contributed by atoms with van der Waals surface area (Å²) in [6, 6.07) is 16.9. The van der Waals surface area contributed by atoms with Crippen LogP contribution in [-0.2, 0) is 14.9 Å². The molecule has 216 valence electrons. The number of tetrazole rings is 1. The van der Waals surface area contributed by atoms with Gasteiger partial charge in [0.25, 0.3) is 0 Å². The Kier molecular flexibility index (Phi) is 9.18. The predicted molar refractivity (Wildman–Crippen MR) is 153 cm³/mol. The van der Waals surface area contributed by atoms with Crippen molar-refractivity contribution in [2.24, 2.45) is 0 Å². The van der Waals surface area contributed by atoms with Gasteiger partial charge in [0, 0.05) is 44.2 Å². The van der Waals surface area contributed by atoms with Crippen molar-refractivity contribution >= 4 is 5.69 Å². The highest BCUT2D eigenvalue weighted by Gasteiger charge is 2.37. The van der Waals surface area contributed by atoms with Crippen LogP contribution in [0.25, 0.3) is 0 Å². The van der Waals surface area contributed by atoms with Crippen molar-refractivity contribution in [3.8, 4) is 11.5 Å². The van der Waals surface area contributed by atoms with Gasteiger partial charge in [-0.05, 0) is 49.1 Å². The van der Waals surface area contributed by atoms with E-state index >= 15 is 0 Å². The van der Waals surface area contributed by atoms with Crippen molar-refractivity contribution in [2.75, 3.05) is 52.0 Å². The summed E-state index contributed by atoms with van der Waals surface area (Å²) < 4.78 is 23.8. The van der Waals surface area contributed by atoms with Gasteiger partial charge < -0.3 is 29.2 Å². The van der Waals surface area contributed by atoms with Crippen LogP contribution in [0.3, 0.4) is 0 Å². The summed E-state index contributed by atoms with van der Waals surface area (Å²) in [7, 11) is 3.44. The molecule has 1 fully saturated rings. The van der Waals surface area contributed by atoms with E-state index in [0.717, 1.165) is 68.5 Å². The molecule has 1 aromatic heterocycles. The lowest BCUT2D eigenvalue weighted by Gasteiger charge is -2.41. The van der Waals surface area contributed by atoms with Crippen LogP contribution >= 0.6 is 0 Å². The lowest BCUT2D eigenvalue weighted by atomic mass is 9.77. The molecule has 0 spiro atoms. The summed E-state index contributed by atoms with van der Waals surface area (Å²) >= 11 is 0. The number of aromatic amines is 1.